The molecule has 1 amide bonds. The van der Waals surface area contributed by atoms with E-state index < -0.39 is 5.60 Å². The van der Waals surface area contributed by atoms with Crippen LogP contribution >= 0.6 is 23.2 Å². The minimum absolute atomic E-state index is 0.124. The number of nitrogens with zero attached hydrogens (tertiary/aromatic N) is 1. The lowest BCUT2D eigenvalue weighted by Gasteiger charge is -2.22. The Morgan fingerprint density at radius 1 is 1.33 bits per heavy atom. The molecule has 1 fully saturated rings. The summed E-state index contributed by atoms with van der Waals surface area (Å²) in [5.74, 6) is 0.124. The first-order valence-corrected chi connectivity index (χ1v) is 8.07. The number of hydrogen-bond donors (Lipinski definition) is 1. The first-order valence-electron chi connectivity index (χ1n) is 7.31. The first-order chi connectivity index (χ1) is 9.87. The molecule has 21 heavy (non-hydrogen) atoms. The van der Waals surface area contributed by atoms with Crippen molar-refractivity contribution in [3.63, 3.8) is 0 Å². The molecule has 1 aliphatic rings. The minimum atomic E-state index is -0.644. The topological polar surface area (TPSA) is 40.5 Å². The molecule has 1 aliphatic heterocycles. The maximum atomic E-state index is 12.3. The Morgan fingerprint density at radius 3 is 2.81 bits per heavy atom. The lowest BCUT2D eigenvalue weighted by molar-refractivity contribution is -0.131. The van der Waals surface area contributed by atoms with Crippen molar-refractivity contribution in [2.75, 3.05) is 13.1 Å². The molecule has 1 heterocycles. The van der Waals surface area contributed by atoms with Crippen molar-refractivity contribution < 1.29 is 9.90 Å². The largest absolute Gasteiger partial charge is 0.390 e. The molecule has 5 heteroatoms. The second-order valence-electron chi connectivity index (χ2n) is 5.97. The number of rotatable bonds is 3. The molecule has 0 saturated carbocycles. The standard InChI is InChI=1S/C16H21Cl2NO2/c1-16(21)7-2-9-19(10-8-16)15(20)6-4-12-3-5-13(17)11-14(12)18/h3,5,11,21H,2,4,6-10H2,1H3. The maximum absolute atomic E-state index is 12.3. The quantitative estimate of drug-likeness (QED) is 0.918. The molecule has 116 valence electrons. The predicted molar refractivity (Wildman–Crippen MR) is 85.8 cm³/mol. The Morgan fingerprint density at radius 2 is 2.10 bits per heavy atom. The highest BCUT2D eigenvalue weighted by molar-refractivity contribution is 6.35. The Bertz CT molecular complexity index is 517. The fraction of sp³-hybridized carbons (Fsp3) is 0.562. The van der Waals surface area contributed by atoms with Gasteiger partial charge in [-0.2, -0.15) is 0 Å². The van der Waals surface area contributed by atoms with Crippen LogP contribution in [0.2, 0.25) is 10.0 Å². The number of halogens is 2. The van der Waals surface area contributed by atoms with E-state index >= 15 is 0 Å². The third-order valence-corrected chi connectivity index (χ3v) is 4.63. The number of hydrogen-bond acceptors (Lipinski definition) is 2. The Kier molecular flexibility index (Phi) is 5.53. The van der Waals surface area contributed by atoms with Gasteiger partial charge in [-0.05, 0) is 50.3 Å². The van der Waals surface area contributed by atoms with Crippen LogP contribution in [0.15, 0.2) is 18.2 Å². The van der Waals surface area contributed by atoms with Gasteiger partial charge in [-0.1, -0.05) is 29.3 Å². The van der Waals surface area contributed by atoms with Crippen molar-refractivity contribution in [2.45, 2.75) is 44.6 Å². The number of aryl methyl sites for hydroxylation is 1. The van der Waals surface area contributed by atoms with E-state index in [2.05, 4.69) is 0 Å². The summed E-state index contributed by atoms with van der Waals surface area (Å²) in [5.41, 5.74) is 0.297. The highest BCUT2D eigenvalue weighted by Gasteiger charge is 2.26. The van der Waals surface area contributed by atoms with Gasteiger partial charge in [0.05, 0.1) is 5.60 Å². The Balaban J connectivity index is 1.89. The number of benzene rings is 1. The molecule has 1 N–H and O–H groups in total. The average Bonchev–Trinajstić information content (AvgIpc) is 2.58. The van der Waals surface area contributed by atoms with Gasteiger partial charge in [0, 0.05) is 29.6 Å². The molecule has 1 aromatic carbocycles. The smallest absolute Gasteiger partial charge is 0.222 e. The predicted octanol–water partition coefficient (Wildman–Crippen LogP) is 3.69. The lowest BCUT2D eigenvalue weighted by Crippen LogP contribution is -2.33. The van der Waals surface area contributed by atoms with E-state index in [4.69, 9.17) is 23.2 Å². The Hall–Kier alpha value is -0.770. The molecule has 2 rings (SSSR count). The number of amides is 1. The van der Waals surface area contributed by atoms with Crippen molar-refractivity contribution in [3.05, 3.63) is 33.8 Å². The molecular weight excluding hydrogens is 309 g/mol. The van der Waals surface area contributed by atoms with Gasteiger partial charge >= 0.3 is 0 Å². The lowest BCUT2D eigenvalue weighted by atomic mass is 9.98. The van der Waals surface area contributed by atoms with Crippen LogP contribution in [0.1, 0.15) is 38.2 Å². The summed E-state index contributed by atoms with van der Waals surface area (Å²) in [7, 11) is 0. The van der Waals surface area contributed by atoms with E-state index in [1.807, 2.05) is 17.9 Å². The SMILES string of the molecule is CC1(O)CCCN(C(=O)CCc2ccc(Cl)cc2Cl)CC1. The first kappa shape index (κ1) is 16.6. The van der Waals surface area contributed by atoms with Gasteiger partial charge in [-0.3, -0.25) is 4.79 Å². The number of aliphatic hydroxyl groups is 1. The summed E-state index contributed by atoms with van der Waals surface area (Å²) in [5, 5.41) is 11.3. The van der Waals surface area contributed by atoms with E-state index in [1.165, 1.54) is 0 Å². The van der Waals surface area contributed by atoms with Crippen molar-refractivity contribution >= 4 is 29.1 Å². The second kappa shape index (κ2) is 6.99. The zero-order valence-corrected chi connectivity index (χ0v) is 13.8. The van der Waals surface area contributed by atoms with Gasteiger partial charge in [0.25, 0.3) is 0 Å². The van der Waals surface area contributed by atoms with E-state index in [0.717, 1.165) is 24.9 Å². The van der Waals surface area contributed by atoms with E-state index in [0.29, 0.717) is 35.9 Å². The van der Waals surface area contributed by atoms with Gasteiger partial charge < -0.3 is 10.0 Å². The fourth-order valence-electron chi connectivity index (χ4n) is 2.64. The van der Waals surface area contributed by atoms with Crippen LogP contribution in [0.25, 0.3) is 0 Å². The van der Waals surface area contributed by atoms with E-state index in [-0.39, 0.29) is 5.91 Å². The van der Waals surface area contributed by atoms with Gasteiger partial charge in [-0.25, -0.2) is 0 Å². The maximum Gasteiger partial charge on any atom is 0.222 e. The molecule has 0 bridgehead atoms. The summed E-state index contributed by atoms with van der Waals surface area (Å²) >= 11 is 12.0. The third-order valence-electron chi connectivity index (χ3n) is 4.04. The van der Waals surface area contributed by atoms with Gasteiger partial charge in [-0.15, -0.1) is 0 Å². The zero-order valence-electron chi connectivity index (χ0n) is 12.2. The van der Waals surface area contributed by atoms with Gasteiger partial charge in [0.2, 0.25) is 5.91 Å². The molecule has 1 aromatic rings. The van der Waals surface area contributed by atoms with Crippen molar-refractivity contribution in [2.24, 2.45) is 0 Å². The summed E-state index contributed by atoms with van der Waals surface area (Å²) in [6, 6.07) is 5.35. The molecule has 0 aromatic heterocycles. The van der Waals surface area contributed by atoms with Crippen LogP contribution in [0, 0.1) is 0 Å². The molecular formula is C16H21Cl2NO2. The molecule has 1 unspecified atom stereocenters. The molecule has 3 nitrogen and oxygen atoms in total. The second-order valence-corrected chi connectivity index (χ2v) is 6.81. The summed E-state index contributed by atoms with van der Waals surface area (Å²) in [6.45, 7) is 3.19. The van der Waals surface area contributed by atoms with E-state index in [1.54, 1.807) is 12.1 Å². The Labute approximate surface area is 135 Å². The highest BCUT2D eigenvalue weighted by atomic mass is 35.5. The van der Waals surface area contributed by atoms with E-state index in [9.17, 15) is 9.90 Å². The molecule has 0 aliphatic carbocycles. The van der Waals surface area contributed by atoms with Crippen molar-refractivity contribution in [3.8, 4) is 0 Å². The van der Waals surface area contributed by atoms with Crippen LogP contribution in [0.4, 0.5) is 0 Å². The third kappa shape index (κ3) is 4.87. The van der Waals surface area contributed by atoms with Crippen LogP contribution in [-0.2, 0) is 11.2 Å². The normalized spacial score (nSPS) is 23.0. The van der Waals surface area contributed by atoms with Gasteiger partial charge in [0.1, 0.15) is 0 Å². The zero-order chi connectivity index (χ0) is 15.5. The van der Waals surface area contributed by atoms with Crippen molar-refractivity contribution in [1.82, 2.24) is 4.90 Å². The monoisotopic (exact) mass is 329 g/mol. The fourth-order valence-corrected chi connectivity index (χ4v) is 3.14. The summed E-state index contributed by atoms with van der Waals surface area (Å²) in [6.07, 6.45) is 3.28. The molecule has 1 saturated heterocycles. The molecule has 0 spiro atoms. The summed E-state index contributed by atoms with van der Waals surface area (Å²) in [4.78, 5) is 14.1. The van der Waals surface area contributed by atoms with Crippen LogP contribution < -0.4 is 0 Å². The highest BCUT2D eigenvalue weighted by Crippen LogP contribution is 2.24. The molecule has 0 radical (unpaired) electrons. The van der Waals surface area contributed by atoms with Crippen LogP contribution in [-0.4, -0.2) is 34.6 Å². The number of likely N-dealkylation sites (tertiary alicyclic amines) is 1. The number of carbonyl (C=O) groups excluding carboxylic acids is 1. The van der Waals surface area contributed by atoms with Crippen LogP contribution in [0.3, 0.4) is 0 Å². The van der Waals surface area contributed by atoms with Gasteiger partial charge in [0.15, 0.2) is 0 Å². The molecule has 1 atom stereocenters. The van der Waals surface area contributed by atoms with Crippen LogP contribution in [0.5, 0.6) is 0 Å². The minimum Gasteiger partial charge on any atom is -0.390 e. The number of carbonyl (C=O) groups is 1. The van der Waals surface area contributed by atoms with Crippen molar-refractivity contribution in [1.29, 1.82) is 0 Å². The average molecular weight is 330 g/mol. The summed E-state index contributed by atoms with van der Waals surface area (Å²) < 4.78 is 0.